The second-order valence-electron chi connectivity index (χ2n) is 4.49. The molecule has 0 aliphatic rings. The Morgan fingerprint density at radius 1 is 1.39 bits per heavy atom. The van der Waals surface area contributed by atoms with E-state index in [-0.39, 0.29) is 17.9 Å². The van der Waals surface area contributed by atoms with Gasteiger partial charge >= 0.3 is 0 Å². The summed E-state index contributed by atoms with van der Waals surface area (Å²) in [6, 6.07) is 7.53. The first-order valence-corrected chi connectivity index (χ1v) is 6.69. The van der Waals surface area contributed by atoms with Crippen LogP contribution in [0.1, 0.15) is 32.4 Å². The van der Waals surface area contributed by atoms with E-state index >= 15 is 0 Å². The summed E-state index contributed by atoms with van der Waals surface area (Å²) < 4.78 is 0. The number of halogens is 1. The van der Waals surface area contributed by atoms with Crippen molar-refractivity contribution in [2.24, 2.45) is 5.92 Å². The molecule has 0 aliphatic carbocycles. The van der Waals surface area contributed by atoms with Crippen molar-refractivity contribution in [3.05, 3.63) is 34.9 Å². The van der Waals surface area contributed by atoms with Gasteiger partial charge in [0.15, 0.2) is 0 Å². The van der Waals surface area contributed by atoms with E-state index in [1.165, 1.54) is 0 Å². The number of carbonyl (C=O) groups is 1. The maximum absolute atomic E-state index is 11.9. The third-order valence-corrected chi connectivity index (χ3v) is 3.09. The van der Waals surface area contributed by atoms with Crippen LogP contribution in [0.3, 0.4) is 0 Å². The lowest BCUT2D eigenvalue weighted by molar-refractivity contribution is -0.125. The van der Waals surface area contributed by atoms with E-state index in [4.69, 9.17) is 11.6 Å². The summed E-state index contributed by atoms with van der Waals surface area (Å²) in [4.78, 5) is 11.9. The van der Waals surface area contributed by atoms with Crippen LogP contribution < -0.4 is 10.6 Å². The van der Waals surface area contributed by atoms with Crippen molar-refractivity contribution < 1.29 is 4.79 Å². The van der Waals surface area contributed by atoms with Crippen molar-refractivity contribution >= 4 is 17.5 Å². The predicted octanol–water partition coefficient (Wildman–Crippen LogP) is 2.76. The van der Waals surface area contributed by atoms with Gasteiger partial charge < -0.3 is 10.6 Å². The molecule has 0 saturated heterocycles. The Morgan fingerprint density at radius 2 is 2.11 bits per heavy atom. The van der Waals surface area contributed by atoms with E-state index in [1.807, 2.05) is 45.0 Å². The summed E-state index contributed by atoms with van der Waals surface area (Å²) >= 11 is 5.93. The maximum Gasteiger partial charge on any atom is 0.224 e. The van der Waals surface area contributed by atoms with Crippen molar-refractivity contribution in [2.75, 3.05) is 13.1 Å². The first kappa shape index (κ1) is 15.0. The molecule has 0 fully saturated rings. The van der Waals surface area contributed by atoms with Gasteiger partial charge in [0.05, 0.1) is 6.04 Å². The summed E-state index contributed by atoms with van der Waals surface area (Å²) in [5, 5.41) is 6.85. The van der Waals surface area contributed by atoms with Crippen LogP contribution >= 0.6 is 11.6 Å². The van der Waals surface area contributed by atoms with Gasteiger partial charge in [-0.3, -0.25) is 4.79 Å². The minimum Gasteiger partial charge on any atom is -0.349 e. The zero-order valence-electron chi connectivity index (χ0n) is 11.2. The Morgan fingerprint density at radius 3 is 2.72 bits per heavy atom. The minimum absolute atomic E-state index is 0.0275. The minimum atomic E-state index is -0.0356. The highest BCUT2D eigenvalue weighted by atomic mass is 35.5. The molecule has 0 saturated carbocycles. The second kappa shape index (κ2) is 7.39. The highest BCUT2D eigenvalue weighted by Gasteiger charge is 2.15. The fourth-order valence-corrected chi connectivity index (χ4v) is 1.87. The Bertz CT molecular complexity index is 395. The van der Waals surface area contributed by atoms with Crippen LogP contribution in [0.25, 0.3) is 0 Å². The molecule has 1 unspecified atom stereocenters. The molecule has 1 aromatic rings. The fourth-order valence-electron chi connectivity index (χ4n) is 1.67. The van der Waals surface area contributed by atoms with E-state index in [0.717, 1.165) is 12.1 Å². The quantitative estimate of drug-likeness (QED) is 0.833. The summed E-state index contributed by atoms with van der Waals surface area (Å²) in [5.74, 6) is 0.0232. The van der Waals surface area contributed by atoms with Crippen LogP contribution in [0.2, 0.25) is 5.02 Å². The van der Waals surface area contributed by atoms with E-state index < -0.39 is 0 Å². The lowest BCUT2D eigenvalue weighted by Crippen LogP contribution is -2.36. The molecule has 0 aromatic heterocycles. The SMILES string of the molecule is CCNCC(C)C(=O)N[C@@H](C)c1cccc(Cl)c1. The molecular weight excluding hydrogens is 248 g/mol. The fraction of sp³-hybridized carbons (Fsp3) is 0.500. The average molecular weight is 269 g/mol. The second-order valence-corrected chi connectivity index (χ2v) is 4.93. The topological polar surface area (TPSA) is 41.1 Å². The lowest BCUT2D eigenvalue weighted by Gasteiger charge is -2.18. The van der Waals surface area contributed by atoms with Crippen molar-refractivity contribution in [2.45, 2.75) is 26.8 Å². The highest BCUT2D eigenvalue weighted by molar-refractivity contribution is 6.30. The van der Waals surface area contributed by atoms with Gasteiger partial charge in [-0.25, -0.2) is 0 Å². The summed E-state index contributed by atoms with van der Waals surface area (Å²) in [6.45, 7) is 7.48. The number of hydrogen-bond donors (Lipinski definition) is 2. The molecular formula is C14H21ClN2O. The Labute approximate surface area is 114 Å². The molecule has 0 aliphatic heterocycles. The first-order valence-electron chi connectivity index (χ1n) is 6.31. The van der Waals surface area contributed by atoms with Crippen LogP contribution in [0, 0.1) is 5.92 Å². The third kappa shape index (κ3) is 4.67. The summed E-state index contributed by atoms with van der Waals surface area (Å²) in [7, 11) is 0. The number of hydrogen-bond acceptors (Lipinski definition) is 2. The number of benzene rings is 1. The standard InChI is InChI=1S/C14H21ClN2O/c1-4-16-9-10(2)14(18)17-11(3)12-6-5-7-13(15)8-12/h5-8,10-11,16H,4,9H2,1-3H3,(H,17,18)/t10?,11-/m0/s1. The van der Waals surface area contributed by atoms with Crippen LogP contribution in [0.4, 0.5) is 0 Å². The molecule has 2 N–H and O–H groups in total. The van der Waals surface area contributed by atoms with Gasteiger partial charge in [-0.15, -0.1) is 0 Å². The summed E-state index contributed by atoms with van der Waals surface area (Å²) in [6.07, 6.45) is 0. The van der Waals surface area contributed by atoms with E-state index in [9.17, 15) is 4.79 Å². The lowest BCUT2D eigenvalue weighted by atomic mass is 10.1. The Kier molecular flexibility index (Phi) is 6.16. The third-order valence-electron chi connectivity index (χ3n) is 2.86. The zero-order chi connectivity index (χ0) is 13.5. The van der Waals surface area contributed by atoms with Gasteiger partial charge in [-0.2, -0.15) is 0 Å². The normalized spacial score (nSPS) is 14.0. The molecule has 0 heterocycles. The molecule has 3 nitrogen and oxygen atoms in total. The van der Waals surface area contributed by atoms with Crippen LogP contribution in [0.5, 0.6) is 0 Å². The van der Waals surface area contributed by atoms with Crippen molar-refractivity contribution in [1.29, 1.82) is 0 Å². The predicted molar refractivity (Wildman–Crippen MR) is 75.7 cm³/mol. The monoisotopic (exact) mass is 268 g/mol. The molecule has 0 radical (unpaired) electrons. The molecule has 0 bridgehead atoms. The number of amides is 1. The van der Waals surface area contributed by atoms with Crippen molar-refractivity contribution in [3.63, 3.8) is 0 Å². The van der Waals surface area contributed by atoms with E-state index in [2.05, 4.69) is 10.6 Å². The molecule has 18 heavy (non-hydrogen) atoms. The van der Waals surface area contributed by atoms with E-state index in [0.29, 0.717) is 11.6 Å². The molecule has 1 amide bonds. The van der Waals surface area contributed by atoms with Gasteiger partial charge in [0, 0.05) is 17.5 Å². The Hall–Kier alpha value is -1.06. The smallest absolute Gasteiger partial charge is 0.224 e. The highest BCUT2D eigenvalue weighted by Crippen LogP contribution is 2.17. The Balaban J connectivity index is 2.54. The summed E-state index contributed by atoms with van der Waals surface area (Å²) in [5.41, 5.74) is 1.02. The van der Waals surface area contributed by atoms with Gasteiger partial charge in [0.2, 0.25) is 5.91 Å². The van der Waals surface area contributed by atoms with Gasteiger partial charge in [0.1, 0.15) is 0 Å². The number of carbonyl (C=O) groups excluding carboxylic acids is 1. The van der Waals surface area contributed by atoms with Crippen LogP contribution in [0.15, 0.2) is 24.3 Å². The van der Waals surface area contributed by atoms with Crippen LogP contribution in [-0.4, -0.2) is 19.0 Å². The van der Waals surface area contributed by atoms with Crippen molar-refractivity contribution in [3.8, 4) is 0 Å². The molecule has 4 heteroatoms. The number of rotatable bonds is 6. The average Bonchev–Trinajstić information content (AvgIpc) is 2.35. The number of nitrogens with one attached hydrogen (secondary N) is 2. The molecule has 1 aromatic carbocycles. The maximum atomic E-state index is 11.9. The molecule has 0 spiro atoms. The molecule has 100 valence electrons. The van der Waals surface area contributed by atoms with Crippen LogP contribution in [-0.2, 0) is 4.79 Å². The molecule has 2 atom stereocenters. The largest absolute Gasteiger partial charge is 0.349 e. The molecule has 1 rings (SSSR count). The van der Waals surface area contributed by atoms with Gasteiger partial charge in [-0.1, -0.05) is 37.6 Å². The van der Waals surface area contributed by atoms with E-state index in [1.54, 1.807) is 0 Å². The zero-order valence-corrected chi connectivity index (χ0v) is 11.9. The first-order chi connectivity index (χ1) is 8.54. The van der Waals surface area contributed by atoms with Gasteiger partial charge in [0.25, 0.3) is 0 Å². The van der Waals surface area contributed by atoms with Crippen molar-refractivity contribution in [1.82, 2.24) is 10.6 Å². The van der Waals surface area contributed by atoms with Gasteiger partial charge in [-0.05, 0) is 31.2 Å².